The number of rotatable bonds is 5. The number of hydrogen-bond donors (Lipinski definition) is 1. The molecular weight excluding hydrogens is 460 g/mol. The van der Waals surface area contributed by atoms with Gasteiger partial charge < -0.3 is 19.9 Å². The van der Waals surface area contributed by atoms with E-state index in [0.717, 1.165) is 54.1 Å². The molecule has 31 heavy (non-hydrogen) atoms. The number of halogens is 1. The molecule has 3 heterocycles. The zero-order valence-electron chi connectivity index (χ0n) is 18.9. The van der Waals surface area contributed by atoms with E-state index in [1.165, 1.54) is 0 Å². The van der Waals surface area contributed by atoms with Crippen LogP contribution in [0.3, 0.4) is 0 Å². The van der Waals surface area contributed by atoms with Gasteiger partial charge in [-0.2, -0.15) is 0 Å². The number of pyridine rings is 1. The maximum absolute atomic E-state index is 12.3. The van der Waals surface area contributed by atoms with Crippen LogP contribution in [0.25, 0.3) is 0 Å². The molecule has 0 atom stereocenters. The number of amides is 1. The van der Waals surface area contributed by atoms with E-state index < -0.39 is 5.60 Å². The summed E-state index contributed by atoms with van der Waals surface area (Å²) in [5.41, 5.74) is 0.566. The second-order valence-electron chi connectivity index (χ2n) is 9.00. The normalized spacial score (nSPS) is 15.0. The van der Waals surface area contributed by atoms with E-state index in [2.05, 4.69) is 41.1 Å². The third kappa shape index (κ3) is 6.78. The molecule has 1 aliphatic heterocycles. The fourth-order valence-corrected chi connectivity index (χ4v) is 3.97. The molecule has 1 aliphatic rings. The van der Waals surface area contributed by atoms with E-state index >= 15 is 0 Å². The number of aromatic nitrogens is 3. The fourth-order valence-electron chi connectivity index (χ4n) is 3.52. The largest absolute Gasteiger partial charge is 0.444 e. The van der Waals surface area contributed by atoms with Gasteiger partial charge in [0, 0.05) is 43.4 Å². The molecule has 2 aromatic rings. The molecule has 3 rings (SSSR count). The Balaban J connectivity index is 1.55. The molecule has 1 N–H and O–H groups in total. The molecule has 0 radical (unpaired) electrons. The van der Waals surface area contributed by atoms with Crippen LogP contribution >= 0.6 is 15.9 Å². The molecule has 0 unspecified atom stereocenters. The molecule has 1 fully saturated rings. The lowest BCUT2D eigenvalue weighted by Crippen LogP contribution is -2.43. The van der Waals surface area contributed by atoms with Crippen molar-refractivity contribution in [3.63, 3.8) is 0 Å². The third-order valence-electron chi connectivity index (χ3n) is 5.13. The standard InChI is InChI=1S/C22H31BrN6O2/c1-15-10-17(23)12-24-20(15)27-18-11-19(26-14-25-18)28(5)13-16-6-8-29(9-7-16)21(30)31-22(2,3)4/h10-12,14,16H,6-9,13H2,1-5H3,(H,24,25,26,27). The van der Waals surface area contributed by atoms with Gasteiger partial charge in [-0.15, -0.1) is 0 Å². The molecule has 1 saturated heterocycles. The lowest BCUT2D eigenvalue weighted by atomic mass is 9.96. The van der Waals surface area contributed by atoms with Crippen molar-refractivity contribution in [2.45, 2.75) is 46.1 Å². The number of nitrogens with zero attached hydrogens (tertiary/aromatic N) is 5. The molecule has 9 heteroatoms. The number of piperidine rings is 1. The Morgan fingerprint density at radius 2 is 1.97 bits per heavy atom. The molecule has 1 amide bonds. The molecule has 0 bridgehead atoms. The minimum atomic E-state index is -0.461. The van der Waals surface area contributed by atoms with E-state index in [1.54, 1.807) is 12.5 Å². The van der Waals surface area contributed by atoms with E-state index in [4.69, 9.17) is 4.74 Å². The van der Waals surface area contributed by atoms with Crippen LogP contribution in [0.15, 0.2) is 29.1 Å². The summed E-state index contributed by atoms with van der Waals surface area (Å²) in [5, 5.41) is 3.27. The highest BCUT2D eigenvalue weighted by molar-refractivity contribution is 9.10. The van der Waals surface area contributed by atoms with Crippen LogP contribution in [-0.4, -0.2) is 58.2 Å². The molecule has 168 valence electrons. The number of nitrogens with one attached hydrogen (secondary N) is 1. The second kappa shape index (κ2) is 9.80. The van der Waals surface area contributed by atoms with Gasteiger partial charge in [-0.05, 0) is 74.0 Å². The van der Waals surface area contributed by atoms with E-state index in [9.17, 15) is 4.79 Å². The Kier molecular flexibility index (Phi) is 7.35. The fraction of sp³-hybridized carbons (Fsp3) is 0.545. The number of ether oxygens (including phenoxy) is 1. The Morgan fingerprint density at radius 1 is 1.26 bits per heavy atom. The van der Waals surface area contributed by atoms with Crippen molar-refractivity contribution < 1.29 is 9.53 Å². The van der Waals surface area contributed by atoms with Gasteiger partial charge in [0.15, 0.2) is 0 Å². The number of aryl methyl sites for hydroxylation is 1. The monoisotopic (exact) mass is 490 g/mol. The van der Waals surface area contributed by atoms with Crippen molar-refractivity contribution in [2.75, 3.05) is 36.9 Å². The van der Waals surface area contributed by atoms with Crippen LogP contribution in [0.4, 0.5) is 22.2 Å². The summed E-state index contributed by atoms with van der Waals surface area (Å²) in [4.78, 5) is 29.4. The van der Waals surface area contributed by atoms with Gasteiger partial charge in [0.05, 0.1) is 0 Å². The molecule has 0 spiro atoms. The van der Waals surface area contributed by atoms with Gasteiger partial charge in [0.2, 0.25) is 0 Å². The average molecular weight is 491 g/mol. The van der Waals surface area contributed by atoms with Gasteiger partial charge in [-0.25, -0.2) is 19.7 Å². The predicted octanol–water partition coefficient (Wildman–Crippen LogP) is 4.77. The minimum absolute atomic E-state index is 0.220. The summed E-state index contributed by atoms with van der Waals surface area (Å²) in [6.45, 7) is 9.99. The van der Waals surface area contributed by atoms with Crippen molar-refractivity contribution in [1.29, 1.82) is 0 Å². The predicted molar refractivity (Wildman–Crippen MR) is 126 cm³/mol. The van der Waals surface area contributed by atoms with Crippen molar-refractivity contribution in [2.24, 2.45) is 5.92 Å². The Labute approximate surface area is 192 Å². The van der Waals surface area contributed by atoms with Gasteiger partial charge >= 0.3 is 6.09 Å². The second-order valence-corrected chi connectivity index (χ2v) is 9.91. The van der Waals surface area contributed by atoms with Gasteiger partial charge in [-0.3, -0.25) is 0 Å². The highest BCUT2D eigenvalue weighted by Crippen LogP contribution is 2.24. The van der Waals surface area contributed by atoms with Crippen molar-refractivity contribution in [1.82, 2.24) is 19.9 Å². The highest BCUT2D eigenvalue weighted by Gasteiger charge is 2.27. The van der Waals surface area contributed by atoms with Crippen LogP contribution in [0, 0.1) is 12.8 Å². The summed E-state index contributed by atoms with van der Waals surface area (Å²) in [6.07, 6.45) is 4.99. The lowest BCUT2D eigenvalue weighted by Gasteiger charge is -2.35. The Hall–Kier alpha value is -2.42. The SMILES string of the molecule is Cc1cc(Br)cnc1Nc1cc(N(C)CC2CCN(C(=O)OC(C)(C)C)CC2)ncn1. The van der Waals surface area contributed by atoms with Gasteiger partial charge in [0.1, 0.15) is 29.4 Å². The topological polar surface area (TPSA) is 83.5 Å². The third-order valence-corrected chi connectivity index (χ3v) is 5.57. The molecular formula is C22H31BrN6O2. The van der Waals surface area contributed by atoms with Crippen LogP contribution in [0.2, 0.25) is 0 Å². The lowest BCUT2D eigenvalue weighted by molar-refractivity contribution is 0.0186. The summed E-state index contributed by atoms with van der Waals surface area (Å²) in [7, 11) is 2.04. The number of hydrogen-bond acceptors (Lipinski definition) is 7. The molecule has 0 aliphatic carbocycles. The summed E-state index contributed by atoms with van der Waals surface area (Å²) >= 11 is 3.43. The zero-order chi connectivity index (χ0) is 22.6. The Bertz CT molecular complexity index is 909. The first-order chi connectivity index (χ1) is 14.6. The summed E-state index contributed by atoms with van der Waals surface area (Å²) < 4.78 is 6.43. The first kappa shape index (κ1) is 23.2. The molecule has 8 nitrogen and oxygen atoms in total. The first-order valence-electron chi connectivity index (χ1n) is 10.5. The van der Waals surface area contributed by atoms with Crippen LogP contribution in [0.5, 0.6) is 0 Å². The maximum atomic E-state index is 12.3. The summed E-state index contributed by atoms with van der Waals surface area (Å²) in [5.74, 6) is 2.81. The van der Waals surface area contributed by atoms with Gasteiger partial charge in [0.25, 0.3) is 0 Å². The number of carbonyl (C=O) groups excluding carboxylic acids is 1. The zero-order valence-corrected chi connectivity index (χ0v) is 20.4. The van der Waals surface area contributed by atoms with Crippen molar-refractivity contribution in [3.8, 4) is 0 Å². The quantitative estimate of drug-likeness (QED) is 0.645. The van der Waals surface area contributed by atoms with Gasteiger partial charge in [-0.1, -0.05) is 0 Å². The van der Waals surface area contributed by atoms with E-state index in [0.29, 0.717) is 11.7 Å². The minimum Gasteiger partial charge on any atom is -0.444 e. The smallest absolute Gasteiger partial charge is 0.410 e. The maximum Gasteiger partial charge on any atom is 0.410 e. The number of likely N-dealkylation sites (tertiary alicyclic amines) is 1. The van der Waals surface area contributed by atoms with E-state index in [-0.39, 0.29) is 6.09 Å². The van der Waals surface area contributed by atoms with Crippen LogP contribution in [0.1, 0.15) is 39.2 Å². The number of anilines is 3. The van der Waals surface area contributed by atoms with Crippen molar-refractivity contribution >= 4 is 39.5 Å². The Morgan fingerprint density at radius 3 is 2.61 bits per heavy atom. The molecule has 2 aromatic heterocycles. The van der Waals surface area contributed by atoms with Crippen LogP contribution < -0.4 is 10.2 Å². The van der Waals surface area contributed by atoms with Crippen LogP contribution in [-0.2, 0) is 4.74 Å². The molecule has 0 aromatic carbocycles. The number of carbonyl (C=O) groups is 1. The highest BCUT2D eigenvalue weighted by atomic mass is 79.9. The summed E-state index contributed by atoms with van der Waals surface area (Å²) in [6, 6.07) is 3.94. The van der Waals surface area contributed by atoms with Crippen molar-refractivity contribution in [3.05, 3.63) is 34.7 Å². The average Bonchev–Trinajstić information content (AvgIpc) is 2.69. The first-order valence-corrected chi connectivity index (χ1v) is 11.3. The van der Waals surface area contributed by atoms with E-state index in [1.807, 2.05) is 51.8 Å². The molecule has 0 saturated carbocycles.